The topological polar surface area (TPSA) is 45.9 Å². The Labute approximate surface area is 186 Å². The molecular weight excluding hydrogens is 406 g/mol. The van der Waals surface area contributed by atoms with E-state index in [9.17, 15) is 0 Å². The van der Waals surface area contributed by atoms with Gasteiger partial charge in [0.2, 0.25) is 0 Å². The van der Waals surface area contributed by atoms with Gasteiger partial charge in [-0.1, -0.05) is 29.5 Å². The summed E-state index contributed by atoms with van der Waals surface area (Å²) in [6.07, 6.45) is 2.04. The standard InChI is InChI=1S/C24H27N5OS/c1-17-8-10-19(31-17)15-28-13-12-27(2)22(16-28)24-21-11-9-18(14-29(21)26-25-24)20-6-4-5-7-23(20)30-3/h4-11,14,22H,12-13,15-16H2,1-3H3. The van der Waals surface area contributed by atoms with Crippen LogP contribution in [0, 0.1) is 6.92 Å². The number of methoxy groups -OCH3 is 1. The van der Waals surface area contributed by atoms with Crippen LogP contribution in [0.25, 0.3) is 16.6 Å². The van der Waals surface area contributed by atoms with E-state index in [1.165, 1.54) is 9.75 Å². The van der Waals surface area contributed by atoms with Crippen LogP contribution in [0.3, 0.4) is 0 Å². The molecule has 1 saturated heterocycles. The summed E-state index contributed by atoms with van der Waals surface area (Å²) in [5.41, 5.74) is 4.22. The molecule has 4 heterocycles. The number of nitrogens with zero attached hydrogens (tertiary/aromatic N) is 5. The number of benzene rings is 1. The van der Waals surface area contributed by atoms with E-state index in [1.807, 2.05) is 40.2 Å². The Kier molecular flexibility index (Phi) is 5.48. The SMILES string of the molecule is COc1ccccc1-c1ccc2c(C3CN(Cc4ccc(C)s4)CCN3C)nnn2c1. The van der Waals surface area contributed by atoms with Gasteiger partial charge in [-0.05, 0) is 38.2 Å². The van der Waals surface area contributed by atoms with Crippen LogP contribution >= 0.6 is 11.3 Å². The number of likely N-dealkylation sites (N-methyl/N-ethyl adjacent to an activating group) is 1. The van der Waals surface area contributed by atoms with Crippen LogP contribution in [0.2, 0.25) is 0 Å². The average Bonchev–Trinajstić information content (AvgIpc) is 3.40. The second kappa shape index (κ2) is 8.42. The first-order chi connectivity index (χ1) is 15.1. The molecule has 1 atom stereocenters. The van der Waals surface area contributed by atoms with Crippen molar-refractivity contribution in [1.29, 1.82) is 0 Å². The zero-order valence-electron chi connectivity index (χ0n) is 18.2. The van der Waals surface area contributed by atoms with E-state index in [0.717, 1.165) is 54.3 Å². The minimum atomic E-state index is 0.226. The fourth-order valence-corrected chi connectivity index (χ4v) is 5.29. The maximum Gasteiger partial charge on any atom is 0.126 e. The first-order valence-electron chi connectivity index (χ1n) is 10.6. The zero-order valence-corrected chi connectivity index (χ0v) is 19.0. The maximum atomic E-state index is 5.53. The summed E-state index contributed by atoms with van der Waals surface area (Å²) < 4.78 is 7.43. The molecule has 0 saturated carbocycles. The number of fused-ring (bicyclic) bond motifs is 1. The first-order valence-corrected chi connectivity index (χ1v) is 11.4. The van der Waals surface area contributed by atoms with Gasteiger partial charge in [-0.2, -0.15) is 0 Å². The Balaban J connectivity index is 1.42. The van der Waals surface area contributed by atoms with E-state index in [2.05, 4.69) is 64.4 Å². The van der Waals surface area contributed by atoms with Crippen molar-refractivity contribution in [2.75, 3.05) is 33.8 Å². The number of ether oxygens (including phenoxy) is 1. The van der Waals surface area contributed by atoms with Crippen LogP contribution in [0.4, 0.5) is 0 Å². The van der Waals surface area contributed by atoms with Crippen molar-refractivity contribution in [3.63, 3.8) is 0 Å². The lowest BCUT2D eigenvalue weighted by atomic mass is 10.0. The van der Waals surface area contributed by atoms with Crippen LogP contribution in [0.5, 0.6) is 5.75 Å². The quantitative estimate of drug-likeness (QED) is 0.471. The zero-order chi connectivity index (χ0) is 21.4. The lowest BCUT2D eigenvalue weighted by Gasteiger charge is -2.38. The summed E-state index contributed by atoms with van der Waals surface area (Å²) in [6, 6.07) is 17.0. The Morgan fingerprint density at radius 1 is 1.10 bits per heavy atom. The highest BCUT2D eigenvalue weighted by molar-refractivity contribution is 7.11. The molecule has 31 heavy (non-hydrogen) atoms. The van der Waals surface area contributed by atoms with Crippen molar-refractivity contribution in [1.82, 2.24) is 24.6 Å². The Morgan fingerprint density at radius 3 is 2.77 bits per heavy atom. The van der Waals surface area contributed by atoms with Gasteiger partial charge in [0.25, 0.3) is 0 Å². The van der Waals surface area contributed by atoms with Gasteiger partial charge in [-0.25, -0.2) is 4.52 Å². The first kappa shape index (κ1) is 20.2. The number of hydrogen-bond donors (Lipinski definition) is 0. The van der Waals surface area contributed by atoms with Crippen LogP contribution in [-0.2, 0) is 6.54 Å². The predicted octanol–water partition coefficient (Wildman–Crippen LogP) is 4.26. The lowest BCUT2D eigenvalue weighted by Crippen LogP contribution is -2.46. The monoisotopic (exact) mass is 433 g/mol. The van der Waals surface area contributed by atoms with Gasteiger partial charge in [0.15, 0.2) is 0 Å². The van der Waals surface area contributed by atoms with Crippen molar-refractivity contribution < 1.29 is 4.74 Å². The molecule has 4 aromatic rings. The van der Waals surface area contributed by atoms with Crippen LogP contribution in [0.1, 0.15) is 21.5 Å². The molecule has 1 unspecified atom stereocenters. The highest BCUT2D eigenvalue weighted by Crippen LogP contribution is 2.32. The Hall–Kier alpha value is -2.74. The molecule has 7 heteroatoms. The van der Waals surface area contributed by atoms with E-state index in [0.29, 0.717) is 0 Å². The molecule has 0 aliphatic carbocycles. The molecular formula is C24H27N5OS. The number of thiophene rings is 1. The number of piperazine rings is 1. The van der Waals surface area contributed by atoms with Crippen molar-refractivity contribution >= 4 is 16.9 Å². The van der Waals surface area contributed by atoms with Crippen LogP contribution in [-0.4, -0.2) is 58.4 Å². The van der Waals surface area contributed by atoms with Gasteiger partial charge < -0.3 is 4.74 Å². The van der Waals surface area contributed by atoms with Gasteiger partial charge in [0.05, 0.1) is 18.7 Å². The third-order valence-corrected chi connectivity index (χ3v) is 7.07. The highest BCUT2D eigenvalue weighted by Gasteiger charge is 2.29. The third-order valence-electron chi connectivity index (χ3n) is 6.08. The molecule has 1 aromatic carbocycles. The number of aromatic nitrogens is 3. The number of para-hydroxylation sites is 1. The Bertz CT molecular complexity index is 1200. The average molecular weight is 434 g/mol. The van der Waals surface area contributed by atoms with Gasteiger partial charge >= 0.3 is 0 Å². The molecule has 5 rings (SSSR count). The molecule has 0 N–H and O–H groups in total. The molecule has 3 aromatic heterocycles. The number of hydrogen-bond acceptors (Lipinski definition) is 6. The summed E-state index contributed by atoms with van der Waals surface area (Å²) in [5.74, 6) is 0.855. The van der Waals surface area contributed by atoms with Crippen LogP contribution in [0.15, 0.2) is 54.7 Å². The lowest BCUT2D eigenvalue weighted by molar-refractivity contribution is 0.0896. The number of rotatable bonds is 5. The third kappa shape index (κ3) is 3.96. The van der Waals surface area contributed by atoms with Crippen molar-refractivity contribution in [2.24, 2.45) is 0 Å². The second-order valence-corrected chi connectivity index (χ2v) is 9.54. The summed E-state index contributed by atoms with van der Waals surface area (Å²) in [6.45, 7) is 6.22. The molecule has 160 valence electrons. The number of pyridine rings is 1. The normalized spacial score (nSPS) is 18.0. The summed E-state index contributed by atoms with van der Waals surface area (Å²) >= 11 is 1.89. The van der Waals surface area contributed by atoms with E-state index < -0.39 is 0 Å². The van der Waals surface area contributed by atoms with Crippen molar-refractivity contribution in [3.05, 3.63) is 70.2 Å². The largest absolute Gasteiger partial charge is 0.496 e. The summed E-state index contributed by atoms with van der Waals surface area (Å²) in [5, 5.41) is 9.07. The summed E-state index contributed by atoms with van der Waals surface area (Å²) in [4.78, 5) is 7.73. The predicted molar refractivity (Wildman–Crippen MR) is 125 cm³/mol. The van der Waals surface area contributed by atoms with E-state index in [-0.39, 0.29) is 6.04 Å². The smallest absolute Gasteiger partial charge is 0.126 e. The molecule has 0 radical (unpaired) electrons. The minimum Gasteiger partial charge on any atom is -0.496 e. The molecule has 6 nitrogen and oxygen atoms in total. The van der Waals surface area contributed by atoms with Crippen molar-refractivity contribution in [3.8, 4) is 16.9 Å². The number of aryl methyl sites for hydroxylation is 1. The Morgan fingerprint density at radius 2 is 1.97 bits per heavy atom. The van der Waals surface area contributed by atoms with Crippen LogP contribution < -0.4 is 4.74 Å². The maximum absolute atomic E-state index is 5.53. The fraction of sp³-hybridized carbons (Fsp3) is 0.333. The molecule has 1 fully saturated rings. The van der Waals surface area contributed by atoms with Gasteiger partial charge in [0, 0.05) is 53.3 Å². The van der Waals surface area contributed by atoms with E-state index in [1.54, 1.807) is 7.11 Å². The molecule has 0 bridgehead atoms. The minimum absolute atomic E-state index is 0.226. The summed E-state index contributed by atoms with van der Waals surface area (Å²) in [7, 11) is 3.89. The fourth-order valence-electron chi connectivity index (χ4n) is 4.35. The van der Waals surface area contributed by atoms with Gasteiger partial charge in [-0.3, -0.25) is 9.80 Å². The molecule has 1 aliphatic rings. The van der Waals surface area contributed by atoms with Gasteiger partial charge in [-0.15, -0.1) is 16.4 Å². The molecule has 1 aliphatic heterocycles. The highest BCUT2D eigenvalue weighted by atomic mass is 32.1. The molecule has 0 amide bonds. The molecule has 0 spiro atoms. The van der Waals surface area contributed by atoms with E-state index >= 15 is 0 Å². The second-order valence-electron chi connectivity index (χ2n) is 8.17. The van der Waals surface area contributed by atoms with Crippen molar-refractivity contribution in [2.45, 2.75) is 19.5 Å². The van der Waals surface area contributed by atoms with E-state index in [4.69, 9.17) is 4.74 Å². The van der Waals surface area contributed by atoms with Gasteiger partial charge in [0.1, 0.15) is 11.4 Å².